The molecule has 0 aromatic rings. The molecular weight excluding hydrogens is 264 g/mol. The average molecular weight is 281 g/mol. The smallest absolute Gasteiger partial charge is 0.314 e. The van der Waals surface area contributed by atoms with E-state index in [1.807, 2.05) is 0 Å². The highest BCUT2D eigenvalue weighted by molar-refractivity contribution is 5.85. The van der Waals surface area contributed by atoms with Crippen LogP contribution >= 0.6 is 24.8 Å². The molecule has 1 atom stereocenters. The van der Waals surface area contributed by atoms with Gasteiger partial charge in [-0.15, -0.1) is 31.4 Å². The van der Waals surface area contributed by atoms with Gasteiger partial charge in [-0.1, -0.05) is 6.08 Å². The molecule has 16 heavy (non-hydrogen) atoms. The third kappa shape index (κ3) is 5.39. The van der Waals surface area contributed by atoms with Crippen LogP contribution in [0.5, 0.6) is 0 Å². The van der Waals surface area contributed by atoms with Gasteiger partial charge in [0.2, 0.25) is 0 Å². The molecule has 0 bridgehead atoms. The summed E-state index contributed by atoms with van der Waals surface area (Å²) in [5.41, 5.74) is 0. The predicted molar refractivity (Wildman–Crippen MR) is 63.6 cm³/mol. The van der Waals surface area contributed by atoms with E-state index in [4.69, 9.17) is 0 Å². The minimum absolute atomic E-state index is 0. The molecule has 0 saturated carbocycles. The highest BCUT2D eigenvalue weighted by Gasteiger charge is 2.42. The Balaban J connectivity index is 0. The van der Waals surface area contributed by atoms with Crippen molar-refractivity contribution in [3.8, 4) is 0 Å². The molecule has 0 aliphatic carbocycles. The molecule has 0 unspecified atom stereocenters. The first kappa shape index (κ1) is 18.4. The summed E-state index contributed by atoms with van der Waals surface area (Å²) in [5, 5.41) is 3.03. The third-order valence-corrected chi connectivity index (χ3v) is 2.36. The minimum atomic E-state index is -4.15. The first-order chi connectivity index (χ1) is 6.55. The molecule has 1 aliphatic heterocycles. The maximum absolute atomic E-state index is 12.6. The summed E-state index contributed by atoms with van der Waals surface area (Å²) in [5.74, 6) is 0. The molecule has 1 heterocycles. The zero-order valence-corrected chi connectivity index (χ0v) is 10.4. The van der Waals surface area contributed by atoms with Gasteiger partial charge in [0.05, 0.1) is 0 Å². The monoisotopic (exact) mass is 280 g/mol. The molecule has 0 spiro atoms. The SMILES string of the molecule is C=CC[C@H](N1CCNCC1)C(F)(F)F.Cl.Cl. The van der Waals surface area contributed by atoms with Crippen molar-refractivity contribution in [1.29, 1.82) is 0 Å². The second kappa shape index (κ2) is 8.17. The van der Waals surface area contributed by atoms with Gasteiger partial charge in [0.1, 0.15) is 6.04 Å². The second-order valence-corrected chi connectivity index (χ2v) is 3.37. The zero-order chi connectivity index (χ0) is 10.6. The van der Waals surface area contributed by atoms with Crippen molar-refractivity contribution in [1.82, 2.24) is 10.2 Å². The van der Waals surface area contributed by atoms with Crippen LogP contribution in [-0.2, 0) is 0 Å². The molecule has 1 aliphatic rings. The van der Waals surface area contributed by atoms with E-state index in [0.29, 0.717) is 26.2 Å². The van der Waals surface area contributed by atoms with Gasteiger partial charge in [-0.3, -0.25) is 4.90 Å². The summed E-state index contributed by atoms with van der Waals surface area (Å²) >= 11 is 0. The first-order valence-corrected chi connectivity index (χ1v) is 4.68. The van der Waals surface area contributed by atoms with Crippen molar-refractivity contribution in [3.05, 3.63) is 12.7 Å². The summed E-state index contributed by atoms with van der Waals surface area (Å²) in [6, 6.07) is -1.36. The van der Waals surface area contributed by atoms with Gasteiger partial charge in [-0.2, -0.15) is 13.2 Å². The van der Waals surface area contributed by atoms with Gasteiger partial charge in [0.15, 0.2) is 0 Å². The van der Waals surface area contributed by atoms with Crippen molar-refractivity contribution in [2.75, 3.05) is 26.2 Å². The summed E-state index contributed by atoms with van der Waals surface area (Å²) < 4.78 is 37.7. The summed E-state index contributed by atoms with van der Waals surface area (Å²) in [6.07, 6.45) is -2.84. The van der Waals surface area contributed by atoms with Crippen LogP contribution in [0.3, 0.4) is 0 Å². The molecule has 7 heteroatoms. The molecule has 2 nitrogen and oxygen atoms in total. The van der Waals surface area contributed by atoms with E-state index in [9.17, 15) is 13.2 Å². The Morgan fingerprint density at radius 1 is 1.25 bits per heavy atom. The highest BCUT2D eigenvalue weighted by atomic mass is 35.5. The normalized spacial score (nSPS) is 19.2. The molecule has 0 radical (unpaired) electrons. The molecule has 1 rings (SSSR count). The summed E-state index contributed by atoms with van der Waals surface area (Å²) in [6.45, 7) is 5.54. The molecular formula is C9H17Cl2F3N2. The van der Waals surface area contributed by atoms with Gasteiger partial charge in [-0.25, -0.2) is 0 Å². The van der Waals surface area contributed by atoms with E-state index in [1.165, 1.54) is 11.0 Å². The van der Waals surface area contributed by atoms with Gasteiger partial charge < -0.3 is 5.32 Å². The molecule has 0 amide bonds. The summed E-state index contributed by atoms with van der Waals surface area (Å²) in [4.78, 5) is 1.47. The van der Waals surface area contributed by atoms with E-state index >= 15 is 0 Å². The van der Waals surface area contributed by atoms with Crippen LogP contribution in [0.1, 0.15) is 6.42 Å². The Morgan fingerprint density at radius 3 is 2.12 bits per heavy atom. The fourth-order valence-corrected chi connectivity index (χ4v) is 1.64. The predicted octanol–water partition coefficient (Wildman–Crippen LogP) is 2.24. The number of nitrogens with zero attached hydrogens (tertiary/aromatic N) is 1. The van der Waals surface area contributed by atoms with Gasteiger partial charge >= 0.3 is 6.18 Å². The molecule has 98 valence electrons. The van der Waals surface area contributed by atoms with E-state index < -0.39 is 12.2 Å². The van der Waals surface area contributed by atoms with Gasteiger partial charge in [0, 0.05) is 26.2 Å². The minimum Gasteiger partial charge on any atom is -0.314 e. The second-order valence-electron chi connectivity index (χ2n) is 3.37. The first-order valence-electron chi connectivity index (χ1n) is 4.68. The highest BCUT2D eigenvalue weighted by Crippen LogP contribution is 2.27. The van der Waals surface area contributed by atoms with Crippen molar-refractivity contribution >= 4 is 24.8 Å². The van der Waals surface area contributed by atoms with Crippen molar-refractivity contribution in [2.45, 2.75) is 18.6 Å². The number of alkyl halides is 3. The number of nitrogens with one attached hydrogen (secondary N) is 1. The van der Waals surface area contributed by atoms with Gasteiger partial charge in [-0.05, 0) is 6.42 Å². The van der Waals surface area contributed by atoms with Crippen LogP contribution in [0.15, 0.2) is 12.7 Å². The fraction of sp³-hybridized carbons (Fsp3) is 0.778. The average Bonchev–Trinajstić information content (AvgIpc) is 2.14. The lowest BCUT2D eigenvalue weighted by Gasteiger charge is -2.35. The van der Waals surface area contributed by atoms with Crippen molar-refractivity contribution < 1.29 is 13.2 Å². The van der Waals surface area contributed by atoms with Crippen LogP contribution in [-0.4, -0.2) is 43.3 Å². The van der Waals surface area contributed by atoms with E-state index in [2.05, 4.69) is 11.9 Å². The Hall–Kier alpha value is 0.0300. The topological polar surface area (TPSA) is 15.3 Å². The molecule has 1 fully saturated rings. The maximum Gasteiger partial charge on any atom is 0.404 e. The Morgan fingerprint density at radius 2 is 1.75 bits per heavy atom. The molecule has 0 aromatic heterocycles. The standard InChI is InChI=1S/C9H15F3N2.2ClH/c1-2-3-8(9(10,11)12)14-6-4-13-5-7-14;;/h2,8,13H,1,3-7H2;2*1H/t8-;;/m0../s1. The lowest BCUT2D eigenvalue weighted by molar-refractivity contribution is -0.184. The van der Waals surface area contributed by atoms with Gasteiger partial charge in [0.25, 0.3) is 0 Å². The Kier molecular flexibility index (Phi) is 9.39. The maximum atomic E-state index is 12.6. The van der Waals surface area contributed by atoms with E-state index in [0.717, 1.165) is 0 Å². The van der Waals surface area contributed by atoms with E-state index in [-0.39, 0.29) is 31.2 Å². The number of hydrogen-bond acceptors (Lipinski definition) is 2. The van der Waals surface area contributed by atoms with Crippen LogP contribution in [0.25, 0.3) is 0 Å². The number of hydrogen-bond donors (Lipinski definition) is 1. The number of rotatable bonds is 3. The number of piperazine rings is 1. The largest absolute Gasteiger partial charge is 0.404 e. The van der Waals surface area contributed by atoms with Crippen molar-refractivity contribution in [3.63, 3.8) is 0 Å². The third-order valence-electron chi connectivity index (χ3n) is 2.36. The van der Waals surface area contributed by atoms with Crippen molar-refractivity contribution in [2.24, 2.45) is 0 Å². The Labute approximate surface area is 106 Å². The molecule has 0 aromatic carbocycles. The van der Waals surface area contributed by atoms with Crippen LogP contribution in [0, 0.1) is 0 Å². The lowest BCUT2D eigenvalue weighted by atomic mass is 10.1. The zero-order valence-electron chi connectivity index (χ0n) is 8.79. The van der Waals surface area contributed by atoms with Crippen LogP contribution in [0.2, 0.25) is 0 Å². The molecule has 1 N–H and O–H groups in total. The van der Waals surface area contributed by atoms with E-state index in [1.54, 1.807) is 0 Å². The quantitative estimate of drug-likeness (QED) is 0.798. The van der Waals surface area contributed by atoms with Crippen LogP contribution < -0.4 is 5.32 Å². The fourth-order valence-electron chi connectivity index (χ4n) is 1.64. The number of halogens is 5. The molecule has 1 saturated heterocycles. The summed E-state index contributed by atoms with van der Waals surface area (Å²) in [7, 11) is 0. The Bertz CT molecular complexity index is 194. The van der Waals surface area contributed by atoms with Crippen LogP contribution in [0.4, 0.5) is 13.2 Å². The lowest BCUT2D eigenvalue weighted by Crippen LogP contribution is -2.53.